The normalized spacial score (nSPS) is 10.9. The van der Waals surface area contributed by atoms with E-state index in [1.807, 2.05) is 0 Å². The quantitative estimate of drug-likeness (QED) is 0.378. The number of carboxylic acid groups (broad SMARTS) is 1. The molecule has 0 rings (SSSR count). The fourth-order valence-electron chi connectivity index (χ4n) is 2.55. The van der Waals surface area contributed by atoms with Crippen molar-refractivity contribution in [2.45, 2.75) is 96.8 Å². The monoisotopic (exact) mass is 299 g/mol. The van der Waals surface area contributed by atoms with Gasteiger partial charge in [0, 0.05) is 6.61 Å². The maximum atomic E-state index is 10.1. The van der Waals surface area contributed by atoms with Gasteiger partial charge in [0.25, 0.3) is 0 Å². The first-order valence-electron chi connectivity index (χ1n) is 9.05. The second-order valence-electron chi connectivity index (χ2n) is 6.02. The van der Waals surface area contributed by atoms with Gasteiger partial charge < -0.3 is 14.6 Å². The van der Waals surface area contributed by atoms with Gasteiger partial charge in [0.2, 0.25) is 0 Å². The predicted octanol–water partition coefficient (Wildman–Crippen LogP) is 4.23. The summed E-state index contributed by atoms with van der Waals surface area (Å²) < 4.78 is 4.94. The van der Waals surface area contributed by atoms with Crippen LogP contribution in [0.4, 0.5) is 0 Å². The first-order valence-corrected chi connectivity index (χ1v) is 9.05. The van der Waals surface area contributed by atoms with Gasteiger partial charge in [-0.15, -0.1) is 0 Å². The molecule has 0 aromatic heterocycles. The minimum atomic E-state index is -1.12. The number of unbranched alkanes of at least 4 members (excludes halogenated alkanes) is 13. The average molecular weight is 299 g/mol. The molecule has 3 nitrogen and oxygen atoms in total. The van der Waals surface area contributed by atoms with Crippen molar-refractivity contribution >= 4 is 5.97 Å². The van der Waals surface area contributed by atoms with E-state index in [-0.39, 0.29) is 6.61 Å². The maximum Gasteiger partial charge on any atom is 0.0861 e. The molecule has 21 heavy (non-hydrogen) atoms. The summed E-state index contributed by atoms with van der Waals surface area (Å²) >= 11 is 0. The summed E-state index contributed by atoms with van der Waals surface area (Å²) in [6, 6.07) is 0. The van der Waals surface area contributed by atoms with E-state index >= 15 is 0 Å². The third kappa shape index (κ3) is 19.4. The molecule has 0 atom stereocenters. The first-order chi connectivity index (χ1) is 10.3. The van der Waals surface area contributed by atoms with E-state index in [9.17, 15) is 9.90 Å². The highest BCUT2D eigenvalue weighted by Gasteiger charge is 1.94. The molecule has 0 aliphatic rings. The highest BCUT2D eigenvalue weighted by molar-refractivity contribution is 5.65. The van der Waals surface area contributed by atoms with Crippen LogP contribution in [0.15, 0.2) is 0 Å². The summed E-state index contributed by atoms with van der Waals surface area (Å²) in [4.78, 5) is 10.1. The van der Waals surface area contributed by atoms with Gasteiger partial charge in [-0.1, -0.05) is 90.4 Å². The molecule has 0 unspecified atom stereocenters. The molecule has 0 radical (unpaired) electrons. The van der Waals surface area contributed by atoms with Gasteiger partial charge >= 0.3 is 0 Å². The zero-order valence-electron chi connectivity index (χ0n) is 14.0. The van der Waals surface area contributed by atoms with Crippen molar-refractivity contribution in [3.8, 4) is 0 Å². The lowest BCUT2D eigenvalue weighted by molar-refractivity contribution is -0.309. The number of ether oxygens (including phenoxy) is 1. The van der Waals surface area contributed by atoms with Gasteiger partial charge in [-0.2, -0.15) is 0 Å². The topological polar surface area (TPSA) is 49.4 Å². The maximum absolute atomic E-state index is 10.1. The van der Waals surface area contributed by atoms with E-state index in [2.05, 4.69) is 6.92 Å². The molecule has 0 aliphatic carbocycles. The van der Waals surface area contributed by atoms with Crippen LogP contribution >= 0.6 is 0 Å². The SMILES string of the molecule is CCCCCCCCCCCCCCCCOCC(=O)[O-]. The van der Waals surface area contributed by atoms with Crippen LogP contribution in [0.3, 0.4) is 0 Å². The van der Waals surface area contributed by atoms with Crippen LogP contribution in [0.25, 0.3) is 0 Å². The van der Waals surface area contributed by atoms with E-state index in [0.29, 0.717) is 6.61 Å². The molecular weight excluding hydrogens is 264 g/mol. The summed E-state index contributed by atoms with van der Waals surface area (Å²) in [6.07, 6.45) is 18.6. The Morgan fingerprint density at radius 2 is 1.10 bits per heavy atom. The van der Waals surface area contributed by atoms with Crippen molar-refractivity contribution < 1.29 is 14.6 Å². The number of hydrogen-bond acceptors (Lipinski definition) is 3. The van der Waals surface area contributed by atoms with Crippen molar-refractivity contribution in [1.29, 1.82) is 0 Å². The molecule has 0 aromatic carbocycles. The number of carbonyl (C=O) groups is 1. The van der Waals surface area contributed by atoms with E-state index in [1.165, 1.54) is 77.0 Å². The van der Waals surface area contributed by atoms with Gasteiger partial charge in [0.15, 0.2) is 0 Å². The zero-order chi connectivity index (χ0) is 15.6. The fourth-order valence-corrected chi connectivity index (χ4v) is 2.55. The highest BCUT2D eigenvalue weighted by atomic mass is 16.5. The van der Waals surface area contributed by atoms with Gasteiger partial charge in [-0.3, -0.25) is 0 Å². The Kier molecular flexibility index (Phi) is 17.0. The Morgan fingerprint density at radius 1 is 0.714 bits per heavy atom. The largest absolute Gasteiger partial charge is 0.548 e. The number of hydrogen-bond donors (Lipinski definition) is 0. The van der Waals surface area contributed by atoms with Gasteiger partial charge in [0.1, 0.15) is 0 Å². The summed E-state index contributed by atoms with van der Waals surface area (Å²) in [5.41, 5.74) is 0. The molecule has 0 aliphatic heterocycles. The van der Waals surface area contributed by atoms with Crippen LogP contribution in [0, 0.1) is 0 Å². The number of rotatable bonds is 17. The van der Waals surface area contributed by atoms with Gasteiger partial charge in [-0.25, -0.2) is 0 Å². The Hall–Kier alpha value is -0.570. The molecule has 0 saturated carbocycles. The van der Waals surface area contributed by atoms with Crippen LogP contribution in [0.2, 0.25) is 0 Å². The molecule has 0 N–H and O–H groups in total. The third-order valence-electron chi connectivity index (χ3n) is 3.86. The number of carbonyl (C=O) groups excluding carboxylic acids is 1. The van der Waals surface area contributed by atoms with Crippen molar-refractivity contribution in [3.63, 3.8) is 0 Å². The Bertz CT molecular complexity index is 217. The Labute approximate surface area is 131 Å². The molecule has 0 heterocycles. The van der Waals surface area contributed by atoms with Crippen LogP contribution in [0.5, 0.6) is 0 Å². The Morgan fingerprint density at radius 3 is 1.48 bits per heavy atom. The molecule has 0 saturated heterocycles. The van der Waals surface area contributed by atoms with Crippen LogP contribution in [-0.2, 0) is 9.53 Å². The predicted molar refractivity (Wildman–Crippen MR) is 86.1 cm³/mol. The van der Waals surface area contributed by atoms with Crippen LogP contribution < -0.4 is 5.11 Å². The van der Waals surface area contributed by atoms with Crippen molar-refractivity contribution in [1.82, 2.24) is 0 Å². The molecule has 0 amide bonds. The number of aliphatic carboxylic acids is 1. The lowest BCUT2D eigenvalue weighted by Crippen LogP contribution is -2.27. The second-order valence-corrected chi connectivity index (χ2v) is 6.02. The smallest absolute Gasteiger partial charge is 0.0861 e. The molecule has 3 heteroatoms. The van der Waals surface area contributed by atoms with Crippen LogP contribution in [0.1, 0.15) is 96.8 Å². The van der Waals surface area contributed by atoms with Crippen LogP contribution in [-0.4, -0.2) is 19.2 Å². The molecule has 126 valence electrons. The van der Waals surface area contributed by atoms with Crippen molar-refractivity contribution in [2.75, 3.05) is 13.2 Å². The molecule has 0 bridgehead atoms. The lowest BCUT2D eigenvalue weighted by atomic mass is 10.0. The van der Waals surface area contributed by atoms with E-state index in [0.717, 1.165) is 12.8 Å². The van der Waals surface area contributed by atoms with E-state index < -0.39 is 5.97 Å². The molecule has 0 fully saturated rings. The van der Waals surface area contributed by atoms with Crippen molar-refractivity contribution in [2.24, 2.45) is 0 Å². The third-order valence-corrected chi connectivity index (χ3v) is 3.86. The van der Waals surface area contributed by atoms with Gasteiger partial charge in [0.05, 0.1) is 12.6 Å². The number of carboxylic acids is 1. The summed E-state index contributed by atoms with van der Waals surface area (Å²) in [5.74, 6) is -1.12. The summed E-state index contributed by atoms with van der Waals surface area (Å²) in [5, 5.41) is 10.1. The first kappa shape index (κ1) is 20.4. The van der Waals surface area contributed by atoms with E-state index in [1.54, 1.807) is 0 Å². The summed E-state index contributed by atoms with van der Waals surface area (Å²) in [6.45, 7) is 2.55. The van der Waals surface area contributed by atoms with E-state index in [4.69, 9.17) is 4.74 Å². The molecule has 0 spiro atoms. The fraction of sp³-hybridized carbons (Fsp3) is 0.944. The zero-order valence-corrected chi connectivity index (χ0v) is 14.0. The summed E-state index contributed by atoms with van der Waals surface area (Å²) in [7, 11) is 0. The Balaban J connectivity index is 2.95. The lowest BCUT2D eigenvalue weighted by Gasteiger charge is -2.05. The average Bonchev–Trinajstić information content (AvgIpc) is 2.46. The minimum absolute atomic E-state index is 0.265. The highest BCUT2D eigenvalue weighted by Crippen LogP contribution is 2.12. The van der Waals surface area contributed by atoms with Gasteiger partial charge in [-0.05, 0) is 6.42 Å². The second kappa shape index (κ2) is 17.5. The standard InChI is InChI=1S/C18H36O3/c1-2-3-4-5-6-7-8-9-10-11-12-13-14-15-16-21-17-18(19)20/h2-17H2,1H3,(H,19,20)/p-1. The molecule has 0 aromatic rings. The molecular formula is C18H35O3-. The van der Waals surface area contributed by atoms with Crippen molar-refractivity contribution in [3.05, 3.63) is 0 Å². The minimum Gasteiger partial charge on any atom is -0.548 e.